The van der Waals surface area contributed by atoms with E-state index in [4.69, 9.17) is 11.6 Å². The van der Waals surface area contributed by atoms with Crippen LogP contribution < -0.4 is 5.32 Å². The molecule has 0 spiro atoms. The molecule has 0 heterocycles. The molecule has 2 rings (SSSR count). The van der Waals surface area contributed by atoms with E-state index in [2.05, 4.69) is 19.2 Å². The van der Waals surface area contributed by atoms with Crippen molar-refractivity contribution >= 4 is 11.6 Å². The molecule has 21 heavy (non-hydrogen) atoms. The first-order valence-electron chi connectivity index (χ1n) is 8.31. The van der Waals surface area contributed by atoms with Crippen LogP contribution in [-0.2, 0) is 6.42 Å². The van der Waals surface area contributed by atoms with Crippen LogP contribution in [-0.4, -0.2) is 12.6 Å². The maximum atomic E-state index is 13.2. The molecule has 1 fully saturated rings. The van der Waals surface area contributed by atoms with E-state index in [-0.39, 0.29) is 5.82 Å². The van der Waals surface area contributed by atoms with E-state index in [1.165, 1.54) is 44.2 Å². The minimum absolute atomic E-state index is 0.257. The first kappa shape index (κ1) is 16.8. The van der Waals surface area contributed by atoms with E-state index >= 15 is 0 Å². The molecule has 1 aliphatic rings. The minimum Gasteiger partial charge on any atom is -0.314 e. The number of halogens is 2. The molecule has 1 nitrogen and oxygen atoms in total. The fraction of sp³-hybridized carbons (Fsp3) is 0.667. The lowest BCUT2D eigenvalue weighted by Gasteiger charge is -2.35. The molecular formula is C18H27ClFN. The summed E-state index contributed by atoms with van der Waals surface area (Å²) in [6, 6.07) is 5.23. The van der Waals surface area contributed by atoms with Crippen LogP contribution >= 0.6 is 11.6 Å². The topological polar surface area (TPSA) is 12.0 Å². The predicted molar refractivity (Wildman–Crippen MR) is 88.3 cm³/mol. The van der Waals surface area contributed by atoms with E-state index in [1.807, 2.05) is 6.07 Å². The smallest absolute Gasteiger partial charge is 0.124 e. The quantitative estimate of drug-likeness (QED) is 0.760. The van der Waals surface area contributed by atoms with Crippen molar-refractivity contribution in [2.45, 2.75) is 58.4 Å². The summed E-state index contributed by atoms with van der Waals surface area (Å²) in [6.07, 6.45) is 7.51. The van der Waals surface area contributed by atoms with Crippen molar-refractivity contribution in [3.8, 4) is 0 Å². The van der Waals surface area contributed by atoms with E-state index < -0.39 is 0 Å². The van der Waals surface area contributed by atoms with E-state index in [0.29, 0.717) is 17.0 Å². The molecule has 1 N–H and O–H groups in total. The summed E-state index contributed by atoms with van der Waals surface area (Å²) in [4.78, 5) is 0. The monoisotopic (exact) mass is 311 g/mol. The Bertz CT molecular complexity index is 449. The number of rotatable bonds is 6. The molecule has 1 aliphatic carbocycles. The van der Waals surface area contributed by atoms with Gasteiger partial charge in [0, 0.05) is 11.1 Å². The highest BCUT2D eigenvalue weighted by Gasteiger charge is 2.27. The molecule has 0 saturated heterocycles. The molecule has 0 amide bonds. The van der Waals surface area contributed by atoms with Gasteiger partial charge in [0.05, 0.1) is 0 Å². The zero-order valence-corrected chi connectivity index (χ0v) is 13.9. The standard InChI is InChI=1S/C18H27ClFN/c1-3-13-6-5-7-15(10-13)18(21-4-2)11-14-8-9-16(20)12-17(14)19/h8-9,12-13,15,18,21H,3-7,10-11H2,1-2H3. The molecule has 1 aromatic carbocycles. The molecule has 118 valence electrons. The number of nitrogens with one attached hydrogen (secondary N) is 1. The van der Waals surface area contributed by atoms with Gasteiger partial charge in [-0.1, -0.05) is 50.8 Å². The Kier molecular flexibility index (Phi) is 6.50. The number of benzene rings is 1. The van der Waals surface area contributed by atoms with E-state index in [0.717, 1.165) is 24.4 Å². The van der Waals surface area contributed by atoms with Crippen molar-refractivity contribution in [1.29, 1.82) is 0 Å². The van der Waals surface area contributed by atoms with Gasteiger partial charge in [-0.3, -0.25) is 0 Å². The maximum Gasteiger partial charge on any atom is 0.124 e. The molecule has 0 aliphatic heterocycles. The Hall–Kier alpha value is -0.600. The van der Waals surface area contributed by atoms with Crippen molar-refractivity contribution < 1.29 is 4.39 Å². The lowest BCUT2D eigenvalue weighted by Crippen LogP contribution is -2.40. The summed E-state index contributed by atoms with van der Waals surface area (Å²) in [5.41, 5.74) is 1.06. The Morgan fingerprint density at radius 1 is 1.33 bits per heavy atom. The van der Waals surface area contributed by atoms with Gasteiger partial charge >= 0.3 is 0 Å². The van der Waals surface area contributed by atoms with E-state index in [9.17, 15) is 4.39 Å². The summed E-state index contributed by atoms with van der Waals surface area (Å²) in [7, 11) is 0. The highest BCUT2D eigenvalue weighted by molar-refractivity contribution is 6.31. The van der Waals surface area contributed by atoms with Gasteiger partial charge in [0.15, 0.2) is 0 Å². The highest BCUT2D eigenvalue weighted by Crippen LogP contribution is 2.34. The van der Waals surface area contributed by atoms with Crippen LogP contribution in [0.5, 0.6) is 0 Å². The van der Waals surface area contributed by atoms with Crippen molar-refractivity contribution in [1.82, 2.24) is 5.32 Å². The van der Waals surface area contributed by atoms with E-state index in [1.54, 1.807) is 0 Å². The number of hydrogen-bond donors (Lipinski definition) is 1. The van der Waals surface area contributed by atoms with Crippen LogP contribution in [0.15, 0.2) is 18.2 Å². The summed E-state index contributed by atoms with van der Waals surface area (Å²) >= 11 is 6.20. The zero-order valence-electron chi connectivity index (χ0n) is 13.2. The van der Waals surface area contributed by atoms with Crippen LogP contribution in [0.25, 0.3) is 0 Å². The first-order valence-corrected chi connectivity index (χ1v) is 8.69. The second kappa shape index (κ2) is 8.14. The fourth-order valence-corrected chi connectivity index (χ4v) is 3.91. The SMILES string of the molecule is CCNC(Cc1ccc(F)cc1Cl)C1CCCC(CC)C1. The fourth-order valence-electron chi connectivity index (χ4n) is 3.66. The average Bonchev–Trinajstić information content (AvgIpc) is 2.49. The van der Waals surface area contributed by atoms with Crippen LogP contribution in [0.1, 0.15) is 51.5 Å². The van der Waals surface area contributed by atoms with Gasteiger partial charge in [0.25, 0.3) is 0 Å². The highest BCUT2D eigenvalue weighted by atomic mass is 35.5. The summed E-state index contributed by atoms with van der Waals surface area (Å²) < 4.78 is 13.2. The van der Waals surface area contributed by atoms with Crippen molar-refractivity contribution in [2.24, 2.45) is 11.8 Å². The van der Waals surface area contributed by atoms with Gasteiger partial charge in [0.1, 0.15) is 5.82 Å². The van der Waals surface area contributed by atoms with Gasteiger partial charge in [-0.25, -0.2) is 4.39 Å². The summed E-state index contributed by atoms with van der Waals surface area (Å²) in [5.74, 6) is 1.32. The Morgan fingerprint density at radius 2 is 2.14 bits per heavy atom. The molecule has 3 atom stereocenters. The number of hydrogen-bond acceptors (Lipinski definition) is 1. The van der Waals surface area contributed by atoms with Crippen molar-refractivity contribution in [3.63, 3.8) is 0 Å². The molecule has 1 saturated carbocycles. The van der Waals surface area contributed by atoms with Crippen LogP contribution in [0, 0.1) is 17.7 Å². The summed E-state index contributed by atoms with van der Waals surface area (Å²) in [6.45, 7) is 5.42. The molecule has 3 heteroatoms. The van der Waals surface area contributed by atoms with Gasteiger partial charge in [-0.2, -0.15) is 0 Å². The third-order valence-electron chi connectivity index (χ3n) is 4.89. The predicted octanol–water partition coefficient (Wildman–Crippen LogP) is 5.22. The van der Waals surface area contributed by atoms with Gasteiger partial charge in [-0.05, 0) is 55.3 Å². The lowest BCUT2D eigenvalue weighted by molar-refractivity contribution is 0.208. The molecule has 0 aromatic heterocycles. The third-order valence-corrected chi connectivity index (χ3v) is 5.24. The van der Waals surface area contributed by atoms with Crippen LogP contribution in [0.4, 0.5) is 4.39 Å². The molecule has 0 radical (unpaired) electrons. The van der Waals surface area contributed by atoms with Gasteiger partial charge in [0.2, 0.25) is 0 Å². The molecule has 1 aromatic rings. The van der Waals surface area contributed by atoms with Crippen molar-refractivity contribution in [2.75, 3.05) is 6.54 Å². The average molecular weight is 312 g/mol. The third kappa shape index (κ3) is 4.69. The number of likely N-dealkylation sites (N-methyl/N-ethyl adjacent to an activating group) is 1. The molecule has 0 bridgehead atoms. The molecular weight excluding hydrogens is 285 g/mol. The normalized spacial score (nSPS) is 24.0. The Labute approximate surface area is 133 Å². The largest absolute Gasteiger partial charge is 0.314 e. The Balaban J connectivity index is 2.07. The first-order chi connectivity index (χ1) is 10.1. The summed E-state index contributed by atoms with van der Waals surface area (Å²) in [5, 5.41) is 4.19. The second-order valence-corrected chi connectivity index (χ2v) is 6.71. The zero-order chi connectivity index (χ0) is 15.2. The van der Waals surface area contributed by atoms with Crippen LogP contribution in [0.2, 0.25) is 5.02 Å². The molecule has 3 unspecified atom stereocenters. The van der Waals surface area contributed by atoms with Gasteiger partial charge < -0.3 is 5.32 Å². The van der Waals surface area contributed by atoms with Crippen molar-refractivity contribution in [3.05, 3.63) is 34.6 Å². The maximum absolute atomic E-state index is 13.2. The van der Waals surface area contributed by atoms with Crippen LogP contribution in [0.3, 0.4) is 0 Å². The lowest BCUT2D eigenvalue weighted by atomic mass is 9.75. The van der Waals surface area contributed by atoms with Gasteiger partial charge in [-0.15, -0.1) is 0 Å². The Morgan fingerprint density at radius 3 is 2.81 bits per heavy atom. The minimum atomic E-state index is -0.257. The second-order valence-electron chi connectivity index (χ2n) is 6.30.